The molecule has 0 amide bonds. The van der Waals surface area contributed by atoms with Gasteiger partial charge in [-0.25, -0.2) is 0 Å². The third-order valence-corrected chi connectivity index (χ3v) is 5.37. The largest absolute Gasteiger partial charge is 0.356 e. The number of halogens is 1. The van der Waals surface area contributed by atoms with E-state index in [0.717, 1.165) is 25.6 Å². The number of likely N-dealkylation sites (N-methyl/N-ethyl adjacent to an activating group) is 1. The van der Waals surface area contributed by atoms with Crippen LogP contribution in [-0.4, -0.2) is 56.0 Å². The number of aliphatic imine (C=N–C) groups is 1. The van der Waals surface area contributed by atoms with E-state index in [9.17, 15) is 0 Å². The van der Waals surface area contributed by atoms with Gasteiger partial charge in [0.15, 0.2) is 5.96 Å². The number of nitrogens with zero attached hydrogens (tertiary/aromatic N) is 3. The van der Waals surface area contributed by atoms with E-state index < -0.39 is 0 Å². The molecule has 0 spiro atoms. The van der Waals surface area contributed by atoms with Crippen LogP contribution in [0.2, 0.25) is 0 Å². The first-order chi connectivity index (χ1) is 9.75. The SMILES string of the molecule is CN1CCN=C1NCC1CCCN(C)C1c1cccs1.I. The van der Waals surface area contributed by atoms with Gasteiger partial charge in [-0.2, -0.15) is 0 Å². The summed E-state index contributed by atoms with van der Waals surface area (Å²) in [7, 11) is 4.37. The standard InChI is InChI=1S/C15H24N4S.HI/c1-18-8-3-5-12(14(18)13-6-4-10-20-13)11-17-15-16-7-9-19(15)2;/h4,6,10,12,14H,3,5,7-9,11H2,1-2H3,(H,16,17);1H. The number of hydrogen-bond donors (Lipinski definition) is 1. The van der Waals surface area contributed by atoms with Crippen LogP contribution in [0.15, 0.2) is 22.5 Å². The Morgan fingerprint density at radius 3 is 2.90 bits per heavy atom. The molecule has 1 aromatic rings. The molecule has 1 saturated heterocycles. The van der Waals surface area contributed by atoms with Crippen LogP contribution >= 0.6 is 35.3 Å². The van der Waals surface area contributed by atoms with E-state index in [4.69, 9.17) is 0 Å². The molecule has 2 aliphatic rings. The molecule has 4 nitrogen and oxygen atoms in total. The van der Waals surface area contributed by atoms with Crippen molar-refractivity contribution in [2.45, 2.75) is 18.9 Å². The molecule has 3 rings (SSSR count). The Bertz CT molecular complexity index is 462. The highest BCUT2D eigenvalue weighted by Crippen LogP contribution is 2.36. The highest BCUT2D eigenvalue weighted by Gasteiger charge is 2.31. The molecular formula is C15H25IN4S. The molecule has 2 aliphatic heterocycles. The first-order valence-corrected chi connectivity index (χ1v) is 8.37. The van der Waals surface area contributed by atoms with Crippen molar-refractivity contribution in [3.05, 3.63) is 22.4 Å². The summed E-state index contributed by atoms with van der Waals surface area (Å²) in [6.07, 6.45) is 2.60. The molecule has 21 heavy (non-hydrogen) atoms. The summed E-state index contributed by atoms with van der Waals surface area (Å²) in [5.41, 5.74) is 0. The van der Waals surface area contributed by atoms with Crippen LogP contribution in [-0.2, 0) is 0 Å². The first-order valence-electron chi connectivity index (χ1n) is 7.49. The van der Waals surface area contributed by atoms with Crippen molar-refractivity contribution in [3.63, 3.8) is 0 Å². The Balaban J connectivity index is 0.00000161. The van der Waals surface area contributed by atoms with Crippen LogP contribution < -0.4 is 5.32 Å². The Morgan fingerprint density at radius 2 is 2.24 bits per heavy atom. The average molecular weight is 420 g/mol. The van der Waals surface area contributed by atoms with Crippen LogP contribution in [0.4, 0.5) is 0 Å². The highest BCUT2D eigenvalue weighted by molar-refractivity contribution is 14.0. The smallest absolute Gasteiger partial charge is 0.193 e. The molecule has 0 radical (unpaired) electrons. The molecule has 0 aliphatic carbocycles. The molecule has 1 fully saturated rings. The third kappa shape index (κ3) is 3.90. The number of nitrogens with one attached hydrogen (secondary N) is 1. The van der Waals surface area contributed by atoms with Gasteiger partial charge in [-0.3, -0.25) is 9.89 Å². The fourth-order valence-corrected chi connectivity index (χ4v) is 4.31. The Hall–Kier alpha value is -0.340. The summed E-state index contributed by atoms with van der Waals surface area (Å²) in [6, 6.07) is 5.01. The predicted molar refractivity (Wildman–Crippen MR) is 101 cm³/mol. The van der Waals surface area contributed by atoms with Crippen molar-refractivity contribution in [1.82, 2.24) is 15.1 Å². The Morgan fingerprint density at radius 1 is 1.38 bits per heavy atom. The van der Waals surface area contributed by atoms with Crippen LogP contribution in [0.25, 0.3) is 0 Å². The van der Waals surface area contributed by atoms with Crippen LogP contribution in [0.3, 0.4) is 0 Å². The van der Waals surface area contributed by atoms with E-state index >= 15 is 0 Å². The summed E-state index contributed by atoms with van der Waals surface area (Å²) < 4.78 is 0. The van der Waals surface area contributed by atoms with Gasteiger partial charge in [0.05, 0.1) is 6.54 Å². The summed E-state index contributed by atoms with van der Waals surface area (Å²) in [4.78, 5) is 10.8. The minimum Gasteiger partial charge on any atom is -0.356 e. The van der Waals surface area contributed by atoms with Gasteiger partial charge < -0.3 is 10.2 Å². The Kier molecular flexibility index (Phi) is 6.31. The summed E-state index contributed by atoms with van der Waals surface area (Å²) >= 11 is 1.89. The minimum atomic E-state index is 0. The monoisotopic (exact) mass is 420 g/mol. The van der Waals surface area contributed by atoms with E-state index in [0.29, 0.717) is 12.0 Å². The molecule has 2 atom stereocenters. The second kappa shape index (κ2) is 7.78. The van der Waals surface area contributed by atoms with Gasteiger partial charge in [-0.1, -0.05) is 6.07 Å². The normalized spacial score (nSPS) is 26.4. The second-order valence-electron chi connectivity index (χ2n) is 5.85. The lowest BCUT2D eigenvalue weighted by Gasteiger charge is -2.39. The maximum atomic E-state index is 4.53. The lowest BCUT2D eigenvalue weighted by atomic mass is 9.88. The Labute approximate surface area is 148 Å². The number of piperidine rings is 1. The van der Waals surface area contributed by atoms with Gasteiger partial charge in [-0.15, -0.1) is 35.3 Å². The quantitative estimate of drug-likeness (QED) is 0.763. The lowest BCUT2D eigenvalue weighted by Crippen LogP contribution is -2.44. The van der Waals surface area contributed by atoms with E-state index in [1.165, 1.54) is 24.3 Å². The van der Waals surface area contributed by atoms with Gasteiger partial charge >= 0.3 is 0 Å². The van der Waals surface area contributed by atoms with Crippen molar-refractivity contribution in [3.8, 4) is 0 Å². The van der Waals surface area contributed by atoms with Crippen molar-refractivity contribution >= 4 is 41.3 Å². The van der Waals surface area contributed by atoms with Crippen molar-refractivity contribution in [1.29, 1.82) is 0 Å². The molecule has 0 aromatic carbocycles. The van der Waals surface area contributed by atoms with Crippen molar-refractivity contribution < 1.29 is 0 Å². The zero-order chi connectivity index (χ0) is 13.9. The number of thiophene rings is 1. The zero-order valence-electron chi connectivity index (χ0n) is 12.8. The second-order valence-corrected chi connectivity index (χ2v) is 6.83. The third-order valence-electron chi connectivity index (χ3n) is 4.42. The lowest BCUT2D eigenvalue weighted by molar-refractivity contribution is 0.125. The van der Waals surface area contributed by atoms with Gasteiger partial charge in [-0.05, 0) is 43.8 Å². The molecular weight excluding hydrogens is 395 g/mol. The molecule has 0 saturated carbocycles. The van der Waals surface area contributed by atoms with Crippen molar-refractivity contribution in [2.75, 3.05) is 40.3 Å². The molecule has 1 N–H and O–H groups in total. The molecule has 0 bridgehead atoms. The molecule has 2 unspecified atom stereocenters. The average Bonchev–Trinajstić information content (AvgIpc) is 3.08. The fourth-order valence-electron chi connectivity index (χ4n) is 3.33. The van der Waals surface area contributed by atoms with Crippen LogP contribution in [0.1, 0.15) is 23.8 Å². The first kappa shape index (κ1) is 17.0. The van der Waals surface area contributed by atoms with E-state index in [1.807, 2.05) is 11.3 Å². The van der Waals surface area contributed by atoms with Crippen LogP contribution in [0, 0.1) is 5.92 Å². The summed E-state index contributed by atoms with van der Waals surface area (Å²) in [5.74, 6) is 1.74. The molecule has 1 aromatic heterocycles. The molecule has 118 valence electrons. The number of guanidine groups is 1. The van der Waals surface area contributed by atoms with Crippen LogP contribution in [0.5, 0.6) is 0 Å². The van der Waals surface area contributed by atoms with E-state index in [-0.39, 0.29) is 24.0 Å². The molecule has 6 heteroatoms. The van der Waals surface area contributed by atoms with Gasteiger partial charge in [0.1, 0.15) is 0 Å². The topological polar surface area (TPSA) is 30.9 Å². The summed E-state index contributed by atoms with van der Waals surface area (Å²) in [5, 5.41) is 5.76. The summed E-state index contributed by atoms with van der Waals surface area (Å²) in [6.45, 7) is 4.20. The number of likely N-dealkylation sites (tertiary alicyclic amines) is 1. The van der Waals surface area contributed by atoms with Gasteiger partial charge in [0.25, 0.3) is 0 Å². The number of hydrogen-bond acceptors (Lipinski definition) is 5. The molecule has 3 heterocycles. The predicted octanol–water partition coefficient (Wildman–Crippen LogP) is 2.64. The van der Waals surface area contributed by atoms with Gasteiger partial charge in [0, 0.05) is 31.1 Å². The minimum absolute atomic E-state index is 0. The fraction of sp³-hybridized carbons (Fsp3) is 0.667. The maximum Gasteiger partial charge on any atom is 0.193 e. The van der Waals surface area contributed by atoms with E-state index in [1.54, 1.807) is 0 Å². The van der Waals surface area contributed by atoms with Gasteiger partial charge in [0.2, 0.25) is 0 Å². The highest BCUT2D eigenvalue weighted by atomic mass is 127. The number of rotatable bonds is 3. The maximum absolute atomic E-state index is 4.53. The van der Waals surface area contributed by atoms with Crippen molar-refractivity contribution in [2.24, 2.45) is 10.9 Å². The zero-order valence-corrected chi connectivity index (χ0v) is 15.9. The van der Waals surface area contributed by atoms with E-state index in [2.05, 4.69) is 51.7 Å².